The van der Waals surface area contributed by atoms with Gasteiger partial charge in [-0.2, -0.15) is 0 Å². The van der Waals surface area contributed by atoms with Crippen LogP contribution in [0.2, 0.25) is 0 Å². The molecule has 4 N–H and O–H groups in total. The maximum absolute atomic E-state index is 12.8. The fourth-order valence-electron chi connectivity index (χ4n) is 1.82. The monoisotopic (exact) mass is 370 g/mol. The smallest absolute Gasteiger partial charge is 0.406 e. The minimum atomic E-state index is -4.77. The summed E-state index contributed by atoms with van der Waals surface area (Å²) >= 11 is 0. The number of guanidine groups is 1. The first-order chi connectivity index (χ1) is 12.2. The van der Waals surface area contributed by atoms with Gasteiger partial charge in [0.2, 0.25) is 5.91 Å². The summed E-state index contributed by atoms with van der Waals surface area (Å²) in [6, 6.07) is 9.99. The number of ether oxygens (including phenoxy) is 1. The van der Waals surface area contributed by atoms with Crippen LogP contribution in [-0.2, 0) is 4.79 Å². The summed E-state index contributed by atoms with van der Waals surface area (Å²) in [4.78, 5) is 15.5. The van der Waals surface area contributed by atoms with Crippen LogP contribution in [0.25, 0.3) is 0 Å². The Labute approximate surface area is 145 Å². The molecule has 10 heteroatoms. The van der Waals surface area contributed by atoms with Crippen molar-refractivity contribution in [3.8, 4) is 5.75 Å². The molecule has 0 aliphatic heterocycles. The lowest BCUT2D eigenvalue weighted by Gasteiger charge is -2.10. The minimum absolute atomic E-state index is 0.108. The van der Waals surface area contributed by atoms with Gasteiger partial charge in [0.15, 0.2) is 5.96 Å². The van der Waals surface area contributed by atoms with E-state index in [1.807, 2.05) is 0 Å². The number of amides is 1. The van der Waals surface area contributed by atoms with E-state index in [-0.39, 0.29) is 18.3 Å². The van der Waals surface area contributed by atoms with Crippen molar-refractivity contribution < 1.29 is 27.1 Å². The highest BCUT2D eigenvalue weighted by atomic mass is 19.4. The fraction of sp³-hybridized carbons (Fsp3) is 0.125. The molecule has 0 heterocycles. The summed E-state index contributed by atoms with van der Waals surface area (Å²) in [7, 11) is 0. The maximum atomic E-state index is 12.8. The van der Waals surface area contributed by atoms with E-state index in [2.05, 4.69) is 20.4 Å². The molecule has 0 spiro atoms. The highest BCUT2D eigenvalue weighted by Crippen LogP contribution is 2.23. The summed E-state index contributed by atoms with van der Waals surface area (Å²) in [5.41, 5.74) is 6.37. The second-order valence-corrected chi connectivity index (χ2v) is 4.95. The van der Waals surface area contributed by atoms with E-state index in [1.165, 1.54) is 36.4 Å². The average molecular weight is 370 g/mol. The number of alkyl halides is 3. The molecule has 0 unspecified atom stereocenters. The normalized spacial score (nSPS) is 11.8. The number of nitrogens with two attached hydrogens (primary N) is 1. The number of hydrogen-bond donors (Lipinski definition) is 3. The van der Waals surface area contributed by atoms with Crippen LogP contribution in [0.5, 0.6) is 5.75 Å². The number of carbonyl (C=O) groups is 1. The lowest BCUT2D eigenvalue weighted by molar-refractivity contribution is -0.274. The van der Waals surface area contributed by atoms with E-state index in [9.17, 15) is 22.4 Å². The molecule has 138 valence electrons. The largest absolute Gasteiger partial charge is 0.573 e. The van der Waals surface area contributed by atoms with Crippen LogP contribution in [0.4, 0.5) is 28.9 Å². The molecule has 6 nitrogen and oxygen atoms in total. The molecular formula is C16H14F4N4O2. The topological polar surface area (TPSA) is 88.7 Å². The summed E-state index contributed by atoms with van der Waals surface area (Å²) in [6.07, 6.45) is -4.77. The number of nitrogens with zero attached hydrogens (tertiary/aromatic N) is 1. The number of aliphatic imine (C=N–C) groups is 1. The van der Waals surface area contributed by atoms with E-state index in [4.69, 9.17) is 5.73 Å². The van der Waals surface area contributed by atoms with Crippen molar-refractivity contribution in [2.75, 3.05) is 17.2 Å². The molecule has 0 saturated carbocycles. The van der Waals surface area contributed by atoms with Crippen molar-refractivity contribution in [3.63, 3.8) is 0 Å². The fourth-order valence-corrected chi connectivity index (χ4v) is 1.82. The van der Waals surface area contributed by atoms with Gasteiger partial charge < -0.3 is 21.1 Å². The Balaban J connectivity index is 1.85. The van der Waals surface area contributed by atoms with Gasteiger partial charge in [0, 0.05) is 11.4 Å². The molecule has 0 fully saturated rings. The highest BCUT2D eigenvalue weighted by Gasteiger charge is 2.30. The third-order valence-corrected chi connectivity index (χ3v) is 2.88. The van der Waals surface area contributed by atoms with Crippen molar-refractivity contribution >= 4 is 23.2 Å². The molecule has 0 bridgehead atoms. The molecule has 0 atom stereocenters. The Hall–Kier alpha value is -3.30. The van der Waals surface area contributed by atoms with E-state index in [1.54, 1.807) is 0 Å². The molecule has 1 amide bonds. The standard InChI is InChI=1S/C16H14F4N4O2/c17-10-1-3-11(4-2-10)23-14(25)9-22-15(21)24-12-5-7-13(8-6-12)26-16(18,19)20/h1-8H,9H2,(H,23,25)(H3,21,22,24). The van der Waals surface area contributed by atoms with E-state index >= 15 is 0 Å². The number of anilines is 2. The van der Waals surface area contributed by atoms with Gasteiger partial charge in [-0.1, -0.05) is 0 Å². The first-order valence-electron chi connectivity index (χ1n) is 7.19. The molecule has 26 heavy (non-hydrogen) atoms. The van der Waals surface area contributed by atoms with Crippen LogP contribution in [0.1, 0.15) is 0 Å². The molecule has 2 aromatic carbocycles. The second kappa shape index (κ2) is 8.19. The predicted molar refractivity (Wildman–Crippen MR) is 88.3 cm³/mol. The third-order valence-electron chi connectivity index (χ3n) is 2.88. The average Bonchev–Trinajstić information content (AvgIpc) is 2.56. The van der Waals surface area contributed by atoms with Gasteiger partial charge in [-0.3, -0.25) is 4.79 Å². The zero-order chi connectivity index (χ0) is 19.2. The Bertz CT molecular complexity index is 774. The van der Waals surface area contributed by atoms with Gasteiger partial charge >= 0.3 is 6.36 Å². The number of halogens is 4. The van der Waals surface area contributed by atoms with Crippen LogP contribution in [0.15, 0.2) is 53.5 Å². The maximum Gasteiger partial charge on any atom is 0.573 e. The number of carbonyl (C=O) groups excluding carboxylic acids is 1. The van der Waals surface area contributed by atoms with Crippen molar-refractivity contribution in [3.05, 3.63) is 54.3 Å². The SMILES string of the molecule is NC(=NCC(=O)Nc1ccc(F)cc1)Nc1ccc(OC(F)(F)F)cc1. The van der Waals surface area contributed by atoms with E-state index in [0.29, 0.717) is 11.4 Å². The Kier molecular flexibility index (Phi) is 5.99. The summed E-state index contributed by atoms with van der Waals surface area (Å²) in [5.74, 6) is -1.39. The molecule has 0 saturated heterocycles. The molecule has 2 rings (SSSR count). The van der Waals surface area contributed by atoms with E-state index in [0.717, 1.165) is 12.1 Å². The first kappa shape index (κ1) is 19.0. The lowest BCUT2D eigenvalue weighted by atomic mass is 10.3. The predicted octanol–water partition coefficient (Wildman–Crippen LogP) is 3.09. The van der Waals surface area contributed by atoms with Crippen LogP contribution in [0.3, 0.4) is 0 Å². The number of rotatable bonds is 5. The van der Waals surface area contributed by atoms with Gasteiger partial charge in [-0.25, -0.2) is 9.38 Å². The van der Waals surface area contributed by atoms with E-state index < -0.39 is 18.1 Å². The van der Waals surface area contributed by atoms with Gasteiger partial charge in [-0.05, 0) is 48.5 Å². The molecule has 0 aliphatic rings. The zero-order valence-electron chi connectivity index (χ0n) is 13.2. The first-order valence-corrected chi connectivity index (χ1v) is 7.19. The number of nitrogens with one attached hydrogen (secondary N) is 2. The summed E-state index contributed by atoms with van der Waals surface area (Å²) < 4.78 is 52.7. The Morgan fingerprint density at radius 2 is 1.54 bits per heavy atom. The van der Waals surface area contributed by atoms with Gasteiger partial charge in [0.25, 0.3) is 0 Å². The number of hydrogen-bond acceptors (Lipinski definition) is 3. The Morgan fingerprint density at radius 1 is 1.00 bits per heavy atom. The highest BCUT2D eigenvalue weighted by molar-refractivity contribution is 5.97. The molecule has 2 aromatic rings. The summed E-state index contributed by atoms with van der Waals surface area (Å²) in [6.45, 7) is -0.300. The van der Waals surface area contributed by atoms with Crippen molar-refractivity contribution in [2.45, 2.75) is 6.36 Å². The second-order valence-electron chi connectivity index (χ2n) is 4.95. The van der Waals surface area contributed by atoms with Crippen molar-refractivity contribution in [1.29, 1.82) is 0 Å². The molecular weight excluding hydrogens is 356 g/mol. The summed E-state index contributed by atoms with van der Waals surface area (Å²) in [5, 5.41) is 5.12. The number of benzene rings is 2. The molecule has 0 radical (unpaired) electrons. The van der Waals surface area contributed by atoms with Crippen LogP contribution < -0.4 is 21.1 Å². The van der Waals surface area contributed by atoms with Crippen LogP contribution in [-0.4, -0.2) is 24.8 Å². The van der Waals surface area contributed by atoms with Crippen LogP contribution in [0, 0.1) is 5.82 Å². The Morgan fingerprint density at radius 3 is 2.12 bits per heavy atom. The molecule has 0 aromatic heterocycles. The zero-order valence-corrected chi connectivity index (χ0v) is 13.2. The van der Waals surface area contributed by atoms with Gasteiger partial charge in [-0.15, -0.1) is 13.2 Å². The van der Waals surface area contributed by atoms with Gasteiger partial charge in [0.1, 0.15) is 18.1 Å². The van der Waals surface area contributed by atoms with Crippen molar-refractivity contribution in [2.24, 2.45) is 10.7 Å². The van der Waals surface area contributed by atoms with Crippen molar-refractivity contribution in [1.82, 2.24) is 0 Å². The minimum Gasteiger partial charge on any atom is -0.406 e. The quantitative estimate of drug-likeness (QED) is 0.429. The lowest BCUT2D eigenvalue weighted by Crippen LogP contribution is -2.25. The van der Waals surface area contributed by atoms with Crippen LogP contribution >= 0.6 is 0 Å². The third kappa shape index (κ3) is 6.67. The molecule has 0 aliphatic carbocycles. The van der Waals surface area contributed by atoms with Gasteiger partial charge in [0.05, 0.1) is 0 Å².